The quantitative estimate of drug-likeness (QED) is 0.371. The Balaban J connectivity index is 2.43. The Morgan fingerprint density at radius 2 is 2.20 bits per heavy atom. The van der Waals surface area contributed by atoms with Gasteiger partial charge in [0.05, 0.1) is 0 Å². The molecule has 2 heterocycles. The van der Waals surface area contributed by atoms with Crippen LogP contribution in [0.5, 0.6) is 0 Å². The van der Waals surface area contributed by atoms with Crippen molar-refractivity contribution in [2.45, 2.75) is 6.04 Å². The number of likely N-dealkylation sites (N-methyl/N-ethyl adjacent to an activating group) is 1. The molecule has 2 aliphatic heterocycles. The van der Waals surface area contributed by atoms with Gasteiger partial charge < -0.3 is 0 Å². The molecule has 1 fully saturated rings. The van der Waals surface area contributed by atoms with Crippen LogP contribution in [0.25, 0.3) is 0 Å². The minimum atomic E-state index is -1.48. The van der Waals surface area contributed by atoms with Gasteiger partial charge in [-0.25, -0.2) is 9.69 Å². The number of hydrogen-bond donors (Lipinski definition) is 1. The first kappa shape index (κ1) is 9.56. The molecule has 0 bridgehead atoms. The topological polar surface area (TPSA) is 97.7 Å². The molecule has 0 aromatic heterocycles. The maximum absolute atomic E-state index is 11.5. The molecule has 2 rings (SSSR count). The molecule has 0 saturated carbocycles. The number of imide groups is 1. The molecule has 1 unspecified atom stereocenters. The van der Waals surface area contributed by atoms with Gasteiger partial charge in [-0.3, -0.25) is 19.9 Å². The molecule has 0 spiro atoms. The number of fused-ring (bicyclic) bond motifs is 1. The lowest BCUT2D eigenvalue weighted by Gasteiger charge is -2.24. The first-order chi connectivity index (χ1) is 7.04. The molecule has 80 valence electrons. The lowest BCUT2D eigenvalue weighted by molar-refractivity contribution is -0.513. The van der Waals surface area contributed by atoms with E-state index < -0.39 is 22.9 Å². The van der Waals surface area contributed by atoms with Crippen molar-refractivity contribution >= 4 is 17.8 Å². The Morgan fingerprint density at radius 1 is 1.53 bits per heavy atom. The predicted octanol–water partition coefficient (Wildman–Crippen LogP) is -2.98. The Kier molecular flexibility index (Phi) is 1.92. The first-order valence-corrected chi connectivity index (χ1v) is 4.37. The SMILES string of the molecule is CN1C(=O)C([N+](=O)[O-])C2=[NH+]CCN2C1=O. The van der Waals surface area contributed by atoms with Gasteiger partial charge >= 0.3 is 23.8 Å². The molecule has 8 heteroatoms. The van der Waals surface area contributed by atoms with Crippen LogP contribution in [0.4, 0.5) is 4.79 Å². The van der Waals surface area contributed by atoms with E-state index in [-0.39, 0.29) is 5.84 Å². The van der Waals surface area contributed by atoms with Gasteiger partial charge in [0.1, 0.15) is 13.1 Å². The van der Waals surface area contributed by atoms with Gasteiger partial charge in [-0.2, -0.15) is 4.90 Å². The highest BCUT2D eigenvalue weighted by atomic mass is 16.6. The Morgan fingerprint density at radius 3 is 2.80 bits per heavy atom. The third-order valence-electron chi connectivity index (χ3n) is 2.48. The number of carbonyl (C=O) groups is 2. The van der Waals surface area contributed by atoms with Crippen LogP contribution in [0.1, 0.15) is 0 Å². The van der Waals surface area contributed by atoms with E-state index in [0.717, 1.165) is 4.90 Å². The molecular formula is C7H9N4O4+. The molecule has 0 aromatic carbocycles. The van der Waals surface area contributed by atoms with E-state index in [1.807, 2.05) is 0 Å². The molecule has 0 aliphatic carbocycles. The number of rotatable bonds is 1. The fourth-order valence-electron chi connectivity index (χ4n) is 1.72. The number of hydrogen-bond acceptors (Lipinski definition) is 4. The molecule has 3 amide bonds. The number of nitrogens with one attached hydrogen (secondary N) is 1. The predicted molar refractivity (Wildman–Crippen MR) is 46.5 cm³/mol. The van der Waals surface area contributed by atoms with E-state index in [9.17, 15) is 19.7 Å². The van der Waals surface area contributed by atoms with E-state index >= 15 is 0 Å². The average molecular weight is 213 g/mol. The second kappa shape index (κ2) is 3.01. The van der Waals surface area contributed by atoms with Crippen molar-refractivity contribution in [2.75, 3.05) is 20.1 Å². The summed E-state index contributed by atoms with van der Waals surface area (Å²) in [5.41, 5.74) is 0. The summed E-state index contributed by atoms with van der Waals surface area (Å²) in [6.45, 7) is 0.794. The van der Waals surface area contributed by atoms with Gasteiger partial charge in [0.25, 0.3) is 0 Å². The lowest BCUT2D eigenvalue weighted by Crippen LogP contribution is -2.77. The fraction of sp³-hybridized carbons (Fsp3) is 0.571. The number of carbonyl (C=O) groups excluding carboxylic acids is 2. The number of urea groups is 1. The standard InChI is InChI=1S/C7H8N4O4/c1-9-6(12)4(11(14)15)5-8-2-3-10(5)7(9)13/h4H,2-3H2,1H3/p+1. The lowest BCUT2D eigenvalue weighted by atomic mass is 10.2. The van der Waals surface area contributed by atoms with Gasteiger partial charge in [0.15, 0.2) is 0 Å². The van der Waals surface area contributed by atoms with Crippen molar-refractivity contribution in [2.24, 2.45) is 0 Å². The smallest absolute Gasteiger partial charge is 0.267 e. The molecular weight excluding hydrogens is 204 g/mol. The van der Waals surface area contributed by atoms with E-state index in [1.165, 1.54) is 11.9 Å². The summed E-state index contributed by atoms with van der Waals surface area (Å²) in [6, 6.07) is -1.99. The summed E-state index contributed by atoms with van der Waals surface area (Å²) in [5.74, 6) is -0.709. The van der Waals surface area contributed by atoms with Crippen LogP contribution in [0.2, 0.25) is 0 Å². The van der Waals surface area contributed by atoms with Crippen LogP contribution in [-0.4, -0.2) is 58.7 Å². The molecule has 0 radical (unpaired) electrons. The van der Waals surface area contributed by atoms with E-state index in [0.29, 0.717) is 13.1 Å². The monoisotopic (exact) mass is 213 g/mol. The largest absolute Gasteiger partial charge is 0.418 e. The summed E-state index contributed by atoms with van der Waals surface area (Å²) in [5, 5.41) is 10.7. The van der Waals surface area contributed by atoms with Crippen LogP contribution in [0.3, 0.4) is 0 Å². The third-order valence-corrected chi connectivity index (χ3v) is 2.48. The van der Waals surface area contributed by atoms with E-state index in [1.54, 1.807) is 0 Å². The van der Waals surface area contributed by atoms with Crippen molar-refractivity contribution in [3.05, 3.63) is 10.1 Å². The average Bonchev–Trinajstić information content (AvgIpc) is 2.62. The van der Waals surface area contributed by atoms with Gasteiger partial charge in [0.2, 0.25) is 0 Å². The van der Waals surface area contributed by atoms with Crippen molar-refractivity contribution in [3.8, 4) is 0 Å². The zero-order chi connectivity index (χ0) is 11.2. The summed E-state index contributed by atoms with van der Waals surface area (Å²) in [7, 11) is 1.25. The minimum Gasteiger partial charge on any atom is -0.267 e. The van der Waals surface area contributed by atoms with Crippen molar-refractivity contribution in [1.82, 2.24) is 9.80 Å². The first-order valence-electron chi connectivity index (χ1n) is 4.37. The Bertz CT molecular complexity index is 390. The van der Waals surface area contributed by atoms with Crippen LogP contribution in [0, 0.1) is 10.1 Å². The van der Waals surface area contributed by atoms with Gasteiger partial charge in [0, 0.05) is 12.0 Å². The molecule has 1 N–H and O–H groups in total. The zero-order valence-corrected chi connectivity index (χ0v) is 7.97. The number of nitrogens with zero attached hydrogens (tertiary/aromatic N) is 3. The number of amides is 3. The van der Waals surface area contributed by atoms with Gasteiger partial charge in [-0.15, -0.1) is 0 Å². The Hall–Kier alpha value is -1.99. The highest BCUT2D eigenvalue weighted by molar-refractivity contribution is 6.18. The van der Waals surface area contributed by atoms with Crippen LogP contribution in [-0.2, 0) is 4.79 Å². The summed E-state index contributed by atoms with van der Waals surface area (Å²) >= 11 is 0. The molecule has 8 nitrogen and oxygen atoms in total. The van der Waals surface area contributed by atoms with Gasteiger partial charge in [-0.05, 0) is 0 Å². The molecule has 0 aromatic rings. The molecule has 2 aliphatic rings. The van der Waals surface area contributed by atoms with Crippen molar-refractivity contribution in [3.63, 3.8) is 0 Å². The maximum atomic E-state index is 11.5. The fourth-order valence-corrected chi connectivity index (χ4v) is 1.72. The highest BCUT2D eigenvalue weighted by Gasteiger charge is 2.57. The number of nitro groups is 1. The van der Waals surface area contributed by atoms with Crippen LogP contribution >= 0.6 is 0 Å². The highest BCUT2D eigenvalue weighted by Crippen LogP contribution is 2.12. The second-order valence-corrected chi connectivity index (χ2v) is 3.33. The zero-order valence-electron chi connectivity index (χ0n) is 7.97. The Labute approximate surface area is 84.3 Å². The normalized spacial score (nSPS) is 25.4. The summed E-state index contributed by atoms with van der Waals surface area (Å²) in [4.78, 5) is 37.8. The van der Waals surface area contributed by atoms with Crippen molar-refractivity contribution < 1.29 is 19.5 Å². The number of amidine groups is 1. The van der Waals surface area contributed by atoms with Crippen LogP contribution < -0.4 is 4.99 Å². The summed E-state index contributed by atoms with van der Waals surface area (Å²) < 4.78 is 0. The van der Waals surface area contributed by atoms with E-state index in [4.69, 9.17) is 0 Å². The minimum absolute atomic E-state index is 0.0908. The maximum Gasteiger partial charge on any atom is 0.418 e. The van der Waals surface area contributed by atoms with Crippen molar-refractivity contribution in [1.29, 1.82) is 0 Å². The third kappa shape index (κ3) is 1.17. The van der Waals surface area contributed by atoms with Crippen LogP contribution in [0.15, 0.2) is 0 Å². The van der Waals surface area contributed by atoms with Gasteiger partial charge in [-0.1, -0.05) is 0 Å². The second-order valence-electron chi connectivity index (χ2n) is 3.33. The molecule has 15 heavy (non-hydrogen) atoms. The molecule has 1 saturated heterocycles. The van der Waals surface area contributed by atoms with E-state index in [2.05, 4.69) is 4.99 Å². The summed E-state index contributed by atoms with van der Waals surface area (Å²) in [6.07, 6.45) is 0. The molecule has 1 atom stereocenters.